The van der Waals surface area contributed by atoms with Crippen molar-refractivity contribution in [3.63, 3.8) is 0 Å². The first-order valence-corrected chi connectivity index (χ1v) is 4.64. The molecule has 0 saturated heterocycles. The van der Waals surface area contributed by atoms with Crippen LogP contribution >= 0.6 is 0 Å². The molecule has 0 saturated carbocycles. The van der Waals surface area contributed by atoms with Gasteiger partial charge in [-0.15, -0.1) is 0 Å². The molecule has 0 radical (unpaired) electrons. The van der Waals surface area contributed by atoms with E-state index in [2.05, 4.69) is 11.5 Å². The van der Waals surface area contributed by atoms with Gasteiger partial charge in [-0.1, -0.05) is 0 Å². The van der Waals surface area contributed by atoms with E-state index in [4.69, 9.17) is 5.11 Å². The summed E-state index contributed by atoms with van der Waals surface area (Å²) in [5.41, 5.74) is 3.25. The molecule has 14 heavy (non-hydrogen) atoms. The Morgan fingerprint density at radius 3 is 2.64 bits per heavy atom. The number of rotatable bonds is 3. The lowest BCUT2D eigenvalue weighted by Gasteiger charge is -2.04. The summed E-state index contributed by atoms with van der Waals surface area (Å²) in [4.78, 5) is 10.4. The average Bonchev–Trinajstić information content (AvgIpc) is 2.38. The van der Waals surface area contributed by atoms with Gasteiger partial charge in [-0.25, -0.2) is 4.79 Å². The highest BCUT2D eigenvalue weighted by molar-refractivity contribution is 5.85. The molecular formula is C11H15NO2. The highest BCUT2D eigenvalue weighted by Crippen LogP contribution is 2.16. The zero-order chi connectivity index (χ0) is 10.7. The van der Waals surface area contributed by atoms with Crippen LogP contribution in [0, 0.1) is 13.8 Å². The maximum atomic E-state index is 10.4. The second kappa shape index (κ2) is 4.13. The molecule has 0 bridgehead atoms. The maximum absolute atomic E-state index is 10.4. The summed E-state index contributed by atoms with van der Waals surface area (Å²) < 4.78 is 2.15. The molecule has 3 nitrogen and oxygen atoms in total. The topological polar surface area (TPSA) is 42.2 Å². The maximum Gasteiger partial charge on any atom is 0.328 e. The number of aliphatic carboxylic acids is 1. The summed E-state index contributed by atoms with van der Waals surface area (Å²) in [6.07, 6.45) is 2.80. The number of carbonyl (C=O) groups is 1. The van der Waals surface area contributed by atoms with Crippen LogP contribution in [0.5, 0.6) is 0 Å². The molecule has 0 aromatic carbocycles. The van der Waals surface area contributed by atoms with Crippen LogP contribution in [0.4, 0.5) is 0 Å². The molecule has 1 heterocycles. The van der Waals surface area contributed by atoms with E-state index in [0.29, 0.717) is 0 Å². The first kappa shape index (κ1) is 10.6. The van der Waals surface area contributed by atoms with Crippen molar-refractivity contribution in [1.29, 1.82) is 0 Å². The molecule has 0 fully saturated rings. The van der Waals surface area contributed by atoms with Gasteiger partial charge in [0.25, 0.3) is 0 Å². The Hall–Kier alpha value is -1.51. The van der Waals surface area contributed by atoms with Crippen LogP contribution < -0.4 is 0 Å². The van der Waals surface area contributed by atoms with Gasteiger partial charge in [0, 0.05) is 24.0 Å². The predicted molar refractivity (Wildman–Crippen MR) is 56.2 cm³/mol. The Kier molecular flexibility index (Phi) is 3.12. The van der Waals surface area contributed by atoms with Crippen LogP contribution in [0.15, 0.2) is 12.1 Å². The minimum atomic E-state index is -0.911. The molecule has 0 spiro atoms. The van der Waals surface area contributed by atoms with E-state index >= 15 is 0 Å². The van der Waals surface area contributed by atoms with Crippen LogP contribution in [0.1, 0.15) is 23.9 Å². The second-order valence-electron chi connectivity index (χ2n) is 3.24. The average molecular weight is 193 g/mol. The van der Waals surface area contributed by atoms with E-state index in [1.165, 1.54) is 6.08 Å². The van der Waals surface area contributed by atoms with E-state index in [0.717, 1.165) is 23.5 Å². The van der Waals surface area contributed by atoms with Gasteiger partial charge in [0.1, 0.15) is 0 Å². The zero-order valence-corrected chi connectivity index (χ0v) is 8.74. The predicted octanol–water partition coefficient (Wildman–Crippen LogP) is 2.22. The van der Waals surface area contributed by atoms with Gasteiger partial charge in [-0.2, -0.15) is 0 Å². The lowest BCUT2D eigenvalue weighted by Crippen LogP contribution is -1.98. The third-order valence-corrected chi connectivity index (χ3v) is 2.33. The van der Waals surface area contributed by atoms with Crippen LogP contribution in [0.3, 0.4) is 0 Å². The fraction of sp³-hybridized carbons (Fsp3) is 0.364. The number of aromatic nitrogens is 1. The Morgan fingerprint density at radius 1 is 1.57 bits per heavy atom. The summed E-state index contributed by atoms with van der Waals surface area (Å²) in [6, 6.07) is 2.00. The Labute approximate surface area is 83.7 Å². The molecule has 76 valence electrons. The fourth-order valence-electron chi connectivity index (χ4n) is 1.64. The van der Waals surface area contributed by atoms with E-state index in [1.54, 1.807) is 6.08 Å². The van der Waals surface area contributed by atoms with Gasteiger partial charge in [0.2, 0.25) is 0 Å². The van der Waals surface area contributed by atoms with Crippen molar-refractivity contribution < 1.29 is 9.90 Å². The van der Waals surface area contributed by atoms with Crippen molar-refractivity contribution in [2.24, 2.45) is 0 Å². The molecule has 0 amide bonds. The lowest BCUT2D eigenvalue weighted by atomic mass is 10.2. The summed E-state index contributed by atoms with van der Waals surface area (Å²) in [5.74, 6) is -0.911. The van der Waals surface area contributed by atoms with Crippen molar-refractivity contribution in [1.82, 2.24) is 4.57 Å². The number of nitrogens with zero attached hydrogens (tertiary/aromatic N) is 1. The van der Waals surface area contributed by atoms with Gasteiger partial charge >= 0.3 is 5.97 Å². The van der Waals surface area contributed by atoms with E-state index in [1.807, 2.05) is 19.9 Å². The van der Waals surface area contributed by atoms with Gasteiger partial charge in [-0.3, -0.25) is 0 Å². The van der Waals surface area contributed by atoms with Crippen LogP contribution in [0.2, 0.25) is 0 Å². The quantitative estimate of drug-likeness (QED) is 0.748. The number of carboxylic acid groups (broad SMARTS) is 1. The molecule has 0 aliphatic carbocycles. The second-order valence-corrected chi connectivity index (χ2v) is 3.24. The summed E-state index contributed by atoms with van der Waals surface area (Å²) in [5, 5.41) is 8.51. The smallest absolute Gasteiger partial charge is 0.328 e. The molecule has 0 atom stereocenters. The van der Waals surface area contributed by atoms with Crippen molar-refractivity contribution in [2.75, 3.05) is 0 Å². The Morgan fingerprint density at radius 2 is 2.21 bits per heavy atom. The molecule has 1 aromatic heterocycles. The number of aryl methyl sites for hydroxylation is 1. The van der Waals surface area contributed by atoms with E-state index in [-0.39, 0.29) is 0 Å². The molecule has 1 aromatic rings. The highest BCUT2D eigenvalue weighted by Gasteiger charge is 2.04. The van der Waals surface area contributed by atoms with E-state index < -0.39 is 5.97 Å². The minimum Gasteiger partial charge on any atom is -0.478 e. The highest BCUT2D eigenvalue weighted by atomic mass is 16.4. The molecule has 1 N–H and O–H groups in total. The summed E-state index contributed by atoms with van der Waals surface area (Å²) in [7, 11) is 0. The van der Waals surface area contributed by atoms with Gasteiger partial charge in [0.05, 0.1) is 0 Å². The number of hydrogen-bond acceptors (Lipinski definition) is 1. The molecular weight excluding hydrogens is 178 g/mol. The number of carboxylic acids is 1. The SMILES string of the molecule is CCn1c(C)cc(C=CC(=O)O)c1C. The Balaban J connectivity index is 3.05. The first-order valence-electron chi connectivity index (χ1n) is 4.64. The monoisotopic (exact) mass is 193 g/mol. The van der Waals surface area contributed by atoms with E-state index in [9.17, 15) is 4.79 Å². The molecule has 1 rings (SSSR count). The van der Waals surface area contributed by atoms with Crippen LogP contribution in [0.25, 0.3) is 6.08 Å². The summed E-state index contributed by atoms with van der Waals surface area (Å²) in [6.45, 7) is 7.01. The third-order valence-electron chi connectivity index (χ3n) is 2.33. The minimum absolute atomic E-state index is 0.911. The van der Waals surface area contributed by atoms with Crippen molar-refractivity contribution in [3.05, 3.63) is 29.1 Å². The molecule has 3 heteroatoms. The van der Waals surface area contributed by atoms with Gasteiger partial charge in [-0.05, 0) is 38.5 Å². The van der Waals surface area contributed by atoms with Crippen molar-refractivity contribution in [3.8, 4) is 0 Å². The molecule has 0 aliphatic rings. The normalized spacial score (nSPS) is 11.1. The Bertz CT molecular complexity index is 375. The van der Waals surface area contributed by atoms with Crippen LogP contribution in [-0.4, -0.2) is 15.6 Å². The van der Waals surface area contributed by atoms with Gasteiger partial charge in [0.15, 0.2) is 0 Å². The molecule has 0 unspecified atom stereocenters. The fourth-order valence-corrected chi connectivity index (χ4v) is 1.64. The van der Waals surface area contributed by atoms with Crippen molar-refractivity contribution >= 4 is 12.0 Å². The lowest BCUT2D eigenvalue weighted by molar-refractivity contribution is -0.131. The zero-order valence-electron chi connectivity index (χ0n) is 8.74. The molecule has 0 aliphatic heterocycles. The first-order chi connectivity index (χ1) is 6.56. The number of hydrogen-bond donors (Lipinski definition) is 1. The third kappa shape index (κ3) is 2.05. The van der Waals surface area contributed by atoms with Crippen LogP contribution in [-0.2, 0) is 11.3 Å². The summed E-state index contributed by atoms with van der Waals surface area (Å²) >= 11 is 0. The van der Waals surface area contributed by atoms with Crippen molar-refractivity contribution in [2.45, 2.75) is 27.3 Å². The standard InChI is InChI=1S/C11H15NO2/c1-4-12-8(2)7-10(9(12)3)5-6-11(13)14/h5-7H,4H2,1-3H3,(H,13,14). The van der Waals surface area contributed by atoms with Gasteiger partial charge < -0.3 is 9.67 Å². The largest absolute Gasteiger partial charge is 0.478 e.